The van der Waals surface area contributed by atoms with Gasteiger partial charge in [-0.05, 0) is 51.4 Å². The molecule has 0 aliphatic heterocycles. The molecule has 294 valence electrons. The number of hydrogen-bond acceptors (Lipinski definition) is 7. The van der Waals surface area contributed by atoms with Gasteiger partial charge < -0.3 is 20.1 Å². The summed E-state index contributed by atoms with van der Waals surface area (Å²) < 4.78 is 26.8. The number of unbranched alkanes of at least 4 members (excludes halogenated alkanes) is 13. The molecule has 9 nitrogen and oxygen atoms in total. The van der Waals surface area contributed by atoms with Gasteiger partial charge in [0.15, 0.2) is 0 Å². The van der Waals surface area contributed by atoms with Gasteiger partial charge in [-0.25, -0.2) is 4.57 Å². The van der Waals surface area contributed by atoms with Gasteiger partial charge in [0.1, 0.15) is 12.7 Å². The second kappa shape index (κ2) is 37.5. The Morgan fingerprint density at radius 2 is 1.12 bits per heavy atom. The molecule has 10 heteroatoms. The number of hydrogen-bond donors (Lipinski definition) is 3. The van der Waals surface area contributed by atoms with Crippen molar-refractivity contribution in [2.45, 2.75) is 161 Å². The third-order valence-corrected chi connectivity index (χ3v) is 8.95. The summed E-state index contributed by atoms with van der Waals surface area (Å²) >= 11 is 0. The van der Waals surface area contributed by atoms with E-state index in [0.717, 1.165) is 57.8 Å². The fourth-order valence-electron chi connectivity index (χ4n) is 5.00. The van der Waals surface area contributed by atoms with Gasteiger partial charge in [0.25, 0.3) is 0 Å². The summed E-state index contributed by atoms with van der Waals surface area (Å²) in [4.78, 5) is 33.8. The Morgan fingerprint density at radius 1 is 0.627 bits per heavy atom. The lowest BCUT2D eigenvalue weighted by Gasteiger charge is -2.15. The van der Waals surface area contributed by atoms with Gasteiger partial charge in [0.05, 0.1) is 13.2 Å². The number of allylic oxidation sites excluding steroid dienone is 10. The zero-order chi connectivity index (χ0) is 37.5. The normalized spacial score (nSPS) is 14.0. The highest BCUT2D eigenvalue weighted by atomic mass is 31.2. The number of aliphatic hydroxyl groups excluding tert-OH is 1. The first-order chi connectivity index (χ1) is 24.8. The van der Waals surface area contributed by atoms with E-state index in [4.69, 9.17) is 13.8 Å². The minimum atomic E-state index is -4.43. The van der Waals surface area contributed by atoms with Crippen LogP contribution >= 0.6 is 7.82 Å². The lowest BCUT2D eigenvalue weighted by Crippen LogP contribution is -2.27. The Bertz CT molecular complexity index is 1020. The first-order valence-corrected chi connectivity index (χ1v) is 21.3. The second-order valence-electron chi connectivity index (χ2n) is 12.9. The van der Waals surface area contributed by atoms with E-state index in [1.54, 1.807) is 0 Å². The van der Waals surface area contributed by atoms with Crippen LogP contribution in [0.5, 0.6) is 0 Å². The van der Waals surface area contributed by atoms with E-state index in [9.17, 15) is 24.2 Å². The average molecular weight is 738 g/mol. The smallest absolute Gasteiger partial charge is 0.463 e. The molecule has 0 saturated carbocycles. The van der Waals surface area contributed by atoms with E-state index >= 15 is 0 Å². The molecular weight excluding hydrogens is 665 g/mol. The largest absolute Gasteiger partial charge is 0.472 e. The van der Waals surface area contributed by atoms with Gasteiger partial charge in [-0.3, -0.25) is 18.6 Å². The third-order valence-electron chi connectivity index (χ3n) is 7.96. The van der Waals surface area contributed by atoms with Crippen molar-refractivity contribution >= 4 is 19.7 Å². The average Bonchev–Trinajstić information content (AvgIpc) is 3.11. The van der Waals surface area contributed by atoms with Gasteiger partial charge in [0.2, 0.25) is 5.91 Å². The summed E-state index contributed by atoms with van der Waals surface area (Å²) in [6.07, 6.45) is 43.0. The molecule has 0 spiro atoms. The van der Waals surface area contributed by atoms with Crippen molar-refractivity contribution in [2.75, 3.05) is 26.4 Å². The van der Waals surface area contributed by atoms with Crippen LogP contribution in [0.3, 0.4) is 0 Å². The number of nitrogens with one attached hydrogen (secondary N) is 1. The van der Waals surface area contributed by atoms with Crippen LogP contribution < -0.4 is 5.32 Å². The van der Waals surface area contributed by atoms with E-state index in [1.165, 1.54) is 64.2 Å². The van der Waals surface area contributed by atoms with Crippen molar-refractivity contribution in [3.05, 3.63) is 60.8 Å². The maximum atomic E-state index is 12.1. The van der Waals surface area contributed by atoms with Crippen LogP contribution in [-0.4, -0.2) is 54.3 Å². The minimum Gasteiger partial charge on any atom is -0.463 e. The zero-order valence-corrected chi connectivity index (χ0v) is 32.9. The summed E-state index contributed by atoms with van der Waals surface area (Å²) in [6, 6.07) is 0. The summed E-state index contributed by atoms with van der Waals surface area (Å²) in [5.74, 6) is -0.579. The molecule has 0 bridgehead atoms. The topological polar surface area (TPSA) is 131 Å². The molecule has 0 aromatic heterocycles. The standard InChI is InChI=1S/C41H72NO8P/c1-3-5-7-9-11-13-15-17-18-19-20-22-23-25-27-29-31-33-40(44)42-35-36-49-51(46,47)50-38-39(43)37-48-41(45)34-32-30-28-26-24-21-16-14-12-10-8-6-4-2/h5,7,11,13,17-18,20,22,25,27,39,43H,3-4,6,8-10,12,14-16,19,21,23-24,26,28-38H2,1-2H3,(H,42,44)(H,46,47)/b7-5-,13-11-,18-17-,22-20-,27-25-. The molecule has 0 radical (unpaired) electrons. The highest BCUT2D eigenvalue weighted by molar-refractivity contribution is 7.47. The first kappa shape index (κ1) is 48.7. The number of amides is 1. The molecule has 0 heterocycles. The molecule has 0 aromatic rings. The number of phosphoric acid groups is 1. The molecule has 0 aliphatic carbocycles. The number of carbonyl (C=O) groups is 2. The van der Waals surface area contributed by atoms with E-state index in [1.807, 2.05) is 0 Å². The molecule has 2 unspecified atom stereocenters. The summed E-state index contributed by atoms with van der Waals surface area (Å²) in [7, 11) is -4.43. The van der Waals surface area contributed by atoms with Gasteiger partial charge in [0, 0.05) is 19.4 Å². The van der Waals surface area contributed by atoms with Gasteiger partial charge in [-0.1, -0.05) is 152 Å². The number of aliphatic hydroxyl groups is 1. The molecule has 0 fully saturated rings. The first-order valence-electron chi connectivity index (χ1n) is 19.8. The predicted molar refractivity (Wildman–Crippen MR) is 210 cm³/mol. The lowest BCUT2D eigenvalue weighted by atomic mass is 10.0. The molecule has 1 amide bonds. The van der Waals surface area contributed by atoms with E-state index in [2.05, 4.69) is 79.9 Å². The van der Waals surface area contributed by atoms with Crippen molar-refractivity contribution in [2.24, 2.45) is 0 Å². The molecule has 0 saturated heterocycles. The van der Waals surface area contributed by atoms with E-state index in [0.29, 0.717) is 12.8 Å². The van der Waals surface area contributed by atoms with E-state index in [-0.39, 0.29) is 32.1 Å². The molecule has 0 aromatic carbocycles. The van der Waals surface area contributed by atoms with Crippen LogP contribution in [0.1, 0.15) is 155 Å². The Morgan fingerprint density at radius 3 is 1.65 bits per heavy atom. The SMILES string of the molecule is CC/C=C\C/C=C\C/C=C\C/C=C\C/C=C\CCCC(=O)NCCOP(=O)(O)OCC(O)COC(=O)CCCCCCCCCCCCCCC. The minimum absolute atomic E-state index is 0.0494. The van der Waals surface area contributed by atoms with Crippen LogP contribution in [-0.2, 0) is 27.9 Å². The van der Waals surface area contributed by atoms with Crippen molar-refractivity contribution in [3.8, 4) is 0 Å². The Kier molecular flexibility index (Phi) is 35.8. The second-order valence-corrected chi connectivity index (χ2v) is 14.3. The Balaban J connectivity index is 3.71. The predicted octanol–water partition coefficient (Wildman–Crippen LogP) is 10.5. The van der Waals surface area contributed by atoms with E-state index < -0.39 is 26.5 Å². The quantitative estimate of drug-likeness (QED) is 0.0251. The van der Waals surface area contributed by atoms with Crippen LogP contribution in [0.4, 0.5) is 0 Å². The molecular formula is C41H72NO8P. The van der Waals surface area contributed by atoms with Crippen LogP contribution in [0.25, 0.3) is 0 Å². The number of esters is 1. The summed E-state index contributed by atoms with van der Waals surface area (Å²) in [5.41, 5.74) is 0. The lowest BCUT2D eigenvalue weighted by molar-refractivity contribution is -0.147. The fourth-order valence-corrected chi connectivity index (χ4v) is 5.76. The number of rotatable bonds is 36. The summed E-state index contributed by atoms with van der Waals surface area (Å²) in [6.45, 7) is 3.35. The highest BCUT2D eigenvalue weighted by Gasteiger charge is 2.23. The third kappa shape index (κ3) is 38.8. The highest BCUT2D eigenvalue weighted by Crippen LogP contribution is 2.42. The maximum absolute atomic E-state index is 12.1. The van der Waals surface area contributed by atoms with Crippen LogP contribution in [0.15, 0.2) is 60.8 Å². The van der Waals surface area contributed by atoms with Gasteiger partial charge in [-0.15, -0.1) is 0 Å². The molecule has 2 atom stereocenters. The van der Waals surface area contributed by atoms with Crippen LogP contribution in [0.2, 0.25) is 0 Å². The molecule has 0 rings (SSSR count). The maximum Gasteiger partial charge on any atom is 0.472 e. The fraction of sp³-hybridized carbons (Fsp3) is 0.707. The number of phosphoric ester groups is 1. The van der Waals surface area contributed by atoms with Gasteiger partial charge >= 0.3 is 13.8 Å². The Labute approximate surface area is 310 Å². The zero-order valence-electron chi connectivity index (χ0n) is 32.0. The number of carbonyl (C=O) groups excluding carboxylic acids is 2. The monoisotopic (exact) mass is 737 g/mol. The number of ether oxygens (including phenoxy) is 1. The molecule has 3 N–H and O–H groups in total. The molecule has 0 aliphatic rings. The van der Waals surface area contributed by atoms with Crippen LogP contribution in [0, 0.1) is 0 Å². The van der Waals surface area contributed by atoms with Crippen molar-refractivity contribution in [1.29, 1.82) is 0 Å². The summed E-state index contributed by atoms with van der Waals surface area (Å²) in [5, 5.41) is 12.6. The van der Waals surface area contributed by atoms with Crippen molar-refractivity contribution in [1.82, 2.24) is 5.32 Å². The van der Waals surface area contributed by atoms with Crippen molar-refractivity contribution in [3.63, 3.8) is 0 Å². The van der Waals surface area contributed by atoms with Crippen molar-refractivity contribution < 1.29 is 37.9 Å². The van der Waals surface area contributed by atoms with Gasteiger partial charge in [-0.2, -0.15) is 0 Å². The molecule has 51 heavy (non-hydrogen) atoms. The Hall–Kier alpha value is -2.29.